The Morgan fingerprint density at radius 2 is 2.28 bits per heavy atom. The molecule has 0 radical (unpaired) electrons. The molecule has 5 nitrogen and oxygen atoms in total. The number of hydrogen-bond acceptors (Lipinski definition) is 3. The van der Waals surface area contributed by atoms with Crippen LogP contribution in [0.2, 0.25) is 5.15 Å². The topological polar surface area (TPSA) is 45.6 Å². The van der Waals surface area contributed by atoms with Crippen LogP contribution in [0.4, 0.5) is 0 Å². The average molecular weight is 266 g/mol. The summed E-state index contributed by atoms with van der Waals surface area (Å²) in [6.07, 6.45) is 6.88. The molecule has 1 aromatic heterocycles. The molecule has 0 aromatic carbocycles. The molecule has 0 bridgehead atoms. The predicted octanol–water partition coefficient (Wildman–Crippen LogP) is 1.96. The number of halogens is 1. The number of carbonyl (C=O) groups is 1. The molecule has 1 amide bonds. The van der Waals surface area contributed by atoms with Gasteiger partial charge in [0.2, 0.25) is 6.34 Å². The molecule has 0 fully saturated rings. The van der Waals surface area contributed by atoms with Gasteiger partial charge in [0.05, 0.1) is 12.7 Å². The van der Waals surface area contributed by atoms with E-state index >= 15 is 0 Å². The fourth-order valence-corrected chi connectivity index (χ4v) is 1.88. The van der Waals surface area contributed by atoms with Crippen molar-refractivity contribution >= 4 is 23.8 Å². The second-order valence-electron chi connectivity index (χ2n) is 4.22. The number of rotatable bonds is 3. The van der Waals surface area contributed by atoms with Gasteiger partial charge in [-0.15, -0.1) is 0 Å². The highest BCUT2D eigenvalue weighted by Gasteiger charge is 2.32. The summed E-state index contributed by atoms with van der Waals surface area (Å²) in [6, 6.07) is 3.57. The minimum absolute atomic E-state index is 0.0366. The summed E-state index contributed by atoms with van der Waals surface area (Å²) < 4.78 is 0.234. The summed E-state index contributed by atoms with van der Waals surface area (Å²) in [5, 5.41) is 2.12. The number of carbonyl (C=O) groups excluding carboxylic acids is 1. The Balaban J connectivity index is 2.22. The maximum absolute atomic E-state index is 11.8. The molecule has 1 aliphatic rings. The number of aliphatic imine (C=N–C) groups is 1. The number of nitrogens with zero attached hydrogens (tertiary/aromatic N) is 4. The molecule has 0 aliphatic carbocycles. The molecule has 94 valence electrons. The number of amides is 1. The van der Waals surface area contributed by atoms with Gasteiger partial charge in [0.25, 0.3) is 5.91 Å². The molecule has 0 spiro atoms. The molecule has 2 heterocycles. The fourth-order valence-electron chi connectivity index (χ4n) is 1.77. The van der Waals surface area contributed by atoms with Gasteiger partial charge in [-0.05, 0) is 11.6 Å². The van der Waals surface area contributed by atoms with Crippen LogP contribution >= 0.6 is 11.6 Å². The number of quaternary nitrogens is 1. The lowest BCUT2D eigenvalue weighted by molar-refractivity contribution is -0.876. The summed E-state index contributed by atoms with van der Waals surface area (Å²) in [5.74, 6) is -0.0366. The van der Waals surface area contributed by atoms with Crippen molar-refractivity contribution in [2.24, 2.45) is 4.99 Å². The zero-order valence-electron chi connectivity index (χ0n) is 10.2. The average Bonchev–Trinajstić information content (AvgIpc) is 2.75. The van der Waals surface area contributed by atoms with E-state index in [4.69, 9.17) is 11.6 Å². The van der Waals surface area contributed by atoms with Crippen LogP contribution < -0.4 is 0 Å². The summed E-state index contributed by atoms with van der Waals surface area (Å²) in [4.78, 5) is 19.8. The van der Waals surface area contributed by atoms with Gasteiger partial charge in [-0.2, -0.15) is 9.60 Å². The first-order valence-electron chi connectivity index (χ1n) is 5.48. The lowest BCUT2D eigenvalue weighted by Gasteiger charge is -2.33. The van der Waals surface area contributed by atoms with Gasteiger partial charge in [-0.1, -0.05) is 17.7 Å². The van der Waals surface area contributed by atoms with Crippen molar-refractivity contribution in [1.29, 1.82) is 0 Å². The van der Waals surface area contributed by atoms with Crippen molar-refractivity contribution in [2.45, 2.75) is 13.5 Å². The standard InChI is InChI=1S/C12H14ClN4O/c1-10(18)16(17(2)6-5-14-9-17)8-11-3-4-12(13)15-7-11/h3-7,9H,8H2,1-2H3/q+1. The van der Waals surface area contributed by atoms with Gasteiger partial charge in [0.15, 0.2) is 0 Å². The molecule has 0 saturated heterocycles. The summed E-state index contributed by atoms with van der Waals surface area (Å²) >= 11 is 5.74. The SMILES string of the molecule is CC(=O)N(Cc1ccc(Cl)nc1)[N+]1(C)C=CN=C1. The molecule has 6 heteroatoms. The molecule has 1 unspecified atom stereocenters. The van der Waals surface area contributed by atoms with Gasteiger partial charge in [0, 0.05) is 13.1 Å². The van der Waals surface area contributed by atoms with Crippen molar-refractivity contribution in [3.05, 3.63) is 41.4 Å². The molecule has 18 heavy (non-hydrogen) atoms. The van der Waals surface area contributed by atoms with E-state index in [-0.39, 0.29) is 10.5 Å². The summed E-state index contributed by atoms with van der Waals surface area (Å²) in [7, 11) is 1.89. The lowest BCUT2D eigenvalue weighted by Crippen LogP contribution is -2.53. The maximum atomic E-state index is 11.8. The molecule has 1 atom stereocenters. The van der Waals surface area contributed by atoms with Crippen molar-refractivity contribution in [3.63, 3.8) is 0 Å². The van der Waals surface area contributed by atoms with E-state index in [1.165, 1.54) is 6.92 Å². The molecule has 0 saturated carbocycles. The third-order valence-corrected chi connectivity index (χ3v) is 2.98. The number of pyridine rings is 1. The fraction of sp³-hybridized carbons (Fsp3) is 0.250. The van der Waals surface area contributed by atoms with E-state index in [2.05, 4.69) is 9.98 Å². The largest absolute Gasteiger partial charge is 0.270 e. The first-order valence-corrected chi connectivity index (χ1v) is 5.86. The van der Waals surface area contributed by atoms with Crippen LogP contribution in [0.3, 0.4) is 0 Å². The first kappa shape index (κ1) is 12.7. The molecule has 2 rings (SSSR count). The van der Waals surface area contributed by atoms with Gasteiger partial charge in [-0.25, -0.2) is 9.98 Å². The van der Waals surface area contributed by atoms with Crippen LogP contribution in [-0.4, -0.2) is 33.9 Å². The quantitative estimate of drug-likeness (QED) is 0.619. The van der Waals surface area contributed by atoms with Gasteiger partial charge in [-0.3, -0.25) is 4.79 Å². The maximum Gasteiger partial charge on any atom is 0.265 e. The highest BCUT2D eigenvalue weighted by Crippen LogP contribution is 2.17. The summed E-state index contributed by atoms with van der Waals surface area (Å²) in [5.41, 5.74) is 0.919. The van der Waals surface area contributed by atoms with Crippen LogP contribution in [0.1, 0.15) is 12.5 Å². The van der Waals surface area contributed by atoms with E-state index < -0.39 is 0 Å². The molecule has 0 N–H and O–H groups in total. The summed E-state index contributed by atoms with van der Waals surface area (Å²) in [6.45, 7) is 1.99. The Morgan fingerprint density at radius 1 is 1.50 bits per heavy atom. The first-order chi connectivity index (χ1) is 8.51. The van der Waals surface area contributed by atoms with Crippen molar-refractivity contribution in [3.8, 4) is 0 Å². The molecule has 1 aromatic rings. The van der Waals surface area contributed by atoms with E-state index in [1.54, 1.807) is 29.8 Å². The molecular formula is C12H14ClN4O+. The second-order valence-corrected chi connectivity index (χ2v) is 4.61. The Hall–Kier alpha value is -1.72. The van der Waals surface area contributed by atoms with Crippen LogP contribution in [0.15, 0.2) is 35.7 Å². The zero-order chi connectivity index (χ0) is 13.2. The smallest absolute Gasteiger partial charge is 0.265 e. The normalized spacial score (nSPS) is 21.3. The van der Waals surface area contributed by atoms with E-state index in [9.17, 15) is 4.79 Å². The van der Waals surface area contributed by atoms with E-state index in [0.717, 1.165) is 5.56 Å². The van der Waals surface area contributed by atoms with Crippen LogP contribution in [0.25, 0.3) is 0 Å². The third-order valence-electron chi connectivity index (χ3n) is 2.76. The van der Waals surface area contributed by atoms with E-state index in [1.807, 2.05) is 19.3 Å². The number of aromatic nitrogens is 1. The Kier molecular flexibility index (Phi) is 3.45. The van der Waals surface area contributed by atoms with Crippen LogP contribution in [-0.2, 0) is 11.3 Å². The Labute approximate surface area is 111 Å². The highest BCUT2D eigenvalue weighted by molar-refractivity contribution is 6.29. The Bertz CT molecular complexity index is 497. The van der Waals surface area contributed by atoms with Gasteiger partial charge in [0.1, 0.15) is 18.4 Å². The third kappa shape index (κ3) is 2.57. The van der Waals surface area contributed by atoms with Crippen molar-refractivity contribution in [1.82, 2.24) is 9.99 Å². The lowest BCUT2D eigenvalue weighted by atomic mass is 10.3. The molecular weight excluding hydrogens is 252 g/mol. The molecule has 1 aliphatic heterocycles. The number of hydrogen-bond donors (Lipinski definition) is 0. The second kappa shape index (κ2) is 4.88. The predicted molar refractivity (Wildman–Crippen MR) is 69.3 cm³/mol. The Morgan fingerprint density at radius 3 is 2.78 bits per heavy atom. The minimum atomic E-state index is -0.0366. The van der Waals surface area contributed by atoms with Crippen molar-refractivity contribution in [2.75, 3.05) is 7.05 Å². The van der Waals surface area contributed by atoms with E-state index in [0.29, 0.717) is 11.7 Å². The van der Waals surface area contributed by atoms with Crippen LogP contribution in [0, 0.1) is 0 Å². The van der Waals surface area contributed by atoms with Gasteiger partial charge >= 0.3 is 0 Å². The van der Waals surface area contributed by atoms with Crippen molar-refractivity contribution < 1.29 is 9.39 Å². The zero-order valence-corrected chi connectivity index (χ0v) is 11.0. The van der Waals surface area contributed by atoms with Gasteiger partial charge < -0.3 is 0 Å². The monoisotopic (exact) mass is 265 g/mol. The van der Waals surface area contributed by atoms with Crippen LogP contribution in [0.5, 0.6) is 0 Å². The minimum Gasteiger partial charge on any atom is -0.270 e. The highest BCUT2D eigenvalue weighted by atomic mass is 35.5.